The van der Waals surface area contributed by atoms with Crippen LogP contribution in [0.1, 0.15) is 39.7 Å². The quantitative estimate of drug-likeness (QED) is 0.238. The molecule has 0 unspecified atom stereocenters. The molecule has 1 amide bonds. The molecule has 0 aliphatic carbocycles. The standard InChI is InChI=1S/C25H22F3N7O2.CH4.3H2/c1-15-13-21(34-33-15)30-20-14-22(35-11-4-12-35)32-24(31-20)37-17-9-7-16(8-10-17)29-23(36)18-5-2-3-6-19(18)25(26,27)28;;;;/h2-3,5-10,13-14H,4,11-12H2,1H3,(H,29,36)(H2,30,31,32,33,34);1H4;3*1H. The number of H-pyrrole nitrogens is 1. The molecular formula is C26H32F3N7O2. The summed E-state index contributed by atoms with van der Waals surface area (Å²) in [6.45, 7) is 3.64. The average Bonchev–Trinajstić information content (AvgIpc) is 3.23. The molecule has 3 N–H and O–H groups in total. The minimum atomic E-state index is -4.64. The molecule has 0 radical (unpaired) electrons. The second-order valence-electron chi connectivity index (χ2n) is 8.42. The first-order valence-electron chi connectivity index (χ1n) is 11.4. The zero-order valence-electron chi connectivity index (χ0n) is 19.6. The summed E-state index contributed by atoms with van der Waals surface area (Å²) in [6, 6.07) is 14.6. The second kappa shape index (κ2) is 10.8. The molecule has 1 aliphatic heterocycles. The van der Waals surface area contributed by atoms with Crippen molar-refractivity contribution in [2.45, 2.75) is 26.9 Å². The maximum absolute atomic E-state index is 13.2. The maximum atomic E-state index is 13.2. The van der Waals surface area contributed by atoms with E-state index in [2.05, 4.69) is 35.7 Å². The highest BCUT2D eigenvalue weighted by Crippen LogP contribution is 2.32. The molecule has 12 heteroatoms. The lowest BCUT2D eigenvalue weighted by Crippen LogP contribution is -2.37. The molecule has 4 aromatic rings. The van der Waals surface area contributed by atoms with Crippen LogP contribution in [0.25, 0.3) is 0 Å². The Bertz CT molecular complexity index is 1430. The number of carbonyl (C=O) groups excluding carboxylic acids is 1. The van der Waals surface area contributed by atoms with Crippen LogP contribution in [0.15, 0.2) is 60.7 Å². The highest BCUT2D eigenvalue weighted by Gasteiger charge is 2.34. The lowest BCUT2D eigenvalue weighted by Gasteiger charge is -2.32. The number of carbonyl (C=O) groups is 1. The highest BCUT2D eigenvalue weighted by molar-refractivity contribution is 6.05. The predicted molar refractivity (Wildman–Crippen MR) is 144 cm³/mol. The van der Waals surface area contributed by atoms with Gasteiger partial charge < -0.3 is 20.3 Å². The van der Waals surface area contributed by atoms with E-state index < -0.39 is 23.2 Å². The summed E-state index contributed by atoms with van der Waals surface area (Å²) < 4.78 is 45.6. The second-order valence-corrected chi connectivity index (χ2v) is 8.42. The average molecular weight is 532 g/mol. The van der Waals surface area contributed by atoms with E-state index in [1.165, 1.54) is 24.3 Å². The van der Waals surface area contributed by atoms with Gasteiger partial charge in [0.1, 0.15) is 17.4 Å². The first-order chi connectivity index (χ1) is 17.7. The normalized spacial score (nSPS) is 12.8. The van der Waals surface area contributed by atoms with Gasteiger partial charge in [-0.2, -0.15) is 28.2 Å². The van der Waals surface area contributed by atoms with E-state index in [0.29, 0.717) is 28.9 Å². The zero-order chi connectivity index (χ0) is 26.0. The molecule has 5 rings (SSSR count). The monoisotopic (exact) mass is 531 g/mol. The Morgan fingerprint density at radius 1 is 1.05 bits per heavy atom. The summed E-state index contributed by atoms with van der Waals surface area (Å²) in [4.78, 5) is 23.5. The molecule has 2 aromatic carbocycles. The number of halogens is 3. The highest BCUT2D eigenvalue weighted by atomic mass is 19.4. The maximum Gasteiger partial charge on any atom is 0.417 e. The summed E-state index contributed by atoms with van der Waals surface area (Å²) in [5.74, 6) is 1.33. The Hall–Kier alpha value is -4.61. The summed E-state index contributed by atoms with van der Waals surface area (Å²) in [5, 5.41) is 12.6. The molecule has 0 bridgehead atoms. The Labute approximate surface area is 221 Å². The van der Waals surface area contributed by atoms with Crippen molar-refractivity contribution in [3.05, 3.63) is 77.5 Å². The molecule has 1 fully saturated rings. The summed E-state index contributed by atoms with van der Waals surface area (Å²) in [5.41, 5.74) is -0.259. The number of benzene rings is 2. The fraction of sp³-hybridized carbons (Fsp3) is 0.231. The number of hydrogen-bond acceptors (Lipinski definition) is 7. The van der Waals surface area contributed by atoms with Crippen LogP contribution >= 0.6 is 0 Å². The van der Waals surface area contributed by atoms with E-state index in [-0.39, 0.29) is 17.7 Å². The van der Waals surface area contributed by atoms with Gasteiger partial charge in [-0.15, -0.1) is 0 Å². The topological polar surface area (TPSA) is 108 Å². The van der Waals surface area contributed by atoms with E-state index in [1.54, 1.807) is 12.1 Å². The number of aromatic amines is 1. The van der Waals surface area contributed by atoms with Crippen molar-refractivity contribution in [3.8, 4) is 11.8 Å². The fourth-order valence-electron chi connectivity index (χ4n) is 3.68. The summed E-state index contributed by atoms with van der Waals surface area (Å²) >= 11 is 0. The molecule has 204 valence electrons. The molecule has 9 nitrogen and oxygen atoms in total. The van der Waals surface area contributed by atoms with Crippen LogP contribution in [0.5, 0.6) is 11.8 Å². The number of hydrogen-bond donors (Lipinski definition) is 3. The van der Waals surface area contributed by atoms with Gasteiger partial charge in [0, 0.05) is 40.9 Å². The Morgan fingerprint density at radius 3 is 2.42 bits per heavy atom. The van der Waals surface area contributed by atoms with Gasteiger partial charge in [-0.3, -0.25) is 9.89 Å². The van der Waals surface area contributed by atoms with Gasteiger partial charge in [-0.1, -0.05) is 19.6 Å². The molecular weight excluding hydrogens is 499 g/mol. The SMILES string of the molecule is C.Cc1cc(Nc2cc(N3CCC3)nc(Oc3ccc(NC(=O)c4ccccc4C(F)(F)F)cc3)n2)n[nH]1.[HH].[HH].[HH]. The number of nitrogens with zero attached hydrogens (tertiary/aromatic N) is 4. The molecule has 1 saturated heterocycles. The Kier molecular flexibility index (Phi) is 7.51. The number of amides is 1. The Morgan fingerprint density at radius 2 is 1.79 bits per heavy atom. The van der Waals surface area contributed by atoms with E-state index in [1.807, 2.05) is 19.1 Å². The first-order valence-corrected chi connectivity index (χ1v) is 11.4. The third-order valence-electron chi connectivity index (χ3n) is 5.63. The van der Waals surface area contributed by atoms with Crippen molar-refractivity contribution in [1.29, 1.82) is 0 Å². The van der Waals surface area contributed by atoms with Crippen molar-refractivity contribution in [1.82, 2.24) is 20.2 Å². The van der Waals surface area contributed by atoms with Crippen LogP contribution in [0.3, 0.4) is 0 Å². The van der Waals surface area contributed by atoms with Gasteiger partial charge in [-0.25, -0.2) is 0 Å². The van der Waals surface area contributed by atoms with Gasteiger partial charge in [0.25, 0.3) is 5.91 Å². The number of nitrogens with one attached hydrogen (secondary N) is 3. The van der Waals surface area contributed by atoms with E-state index in [9.17, 15) is 18.0 Å². The number of aryl methyl sites for hydroxylation is 1. The van der Waals surface area contributed by atoms with E-state index in [4.69, 9.17) is 4.74 Å². The number of aromatic nitrogens is 4. The lowest BCUT2D eigenvalue weighted by atomic mass is 10.1. The summed E-state index contributed by atoms with van der Waals surface area (Å²) in [6.07, 6.45) is -3.57. The van der Waals surface area contributed by atoms with Crippen LogP contribution in [0, 0.1) is 6.92 Å². The number of alkyl halides is 3. The minimum Gasteiger partial charge on any atom is -0.424 e. The van der Waals surface area contributed by atoms with Gasteiger partial charge in [0.05, 0.1) is 11.1 Å². The molecule has 0 atom stereocenters. The Balaban J connectivity index is 0.00000210. The molecule has 1 aliphatic rings. The van der Waals surface area contributed by atoms with Gasteiger partial charge >= 0.3 is 12.2 Å². The van der Waals surface area contributed by atoms with Crippen molar-refractivity contribution in [2.24, 2.45) is 0 Å². The largest absolute Gasteiger partial charge is 0.424 e. The van der Waals surface area contributed by atoms with Gasteiger partial charge in [-0.05, 0) is 49.7 Å². The van der Waals surface area contributed by atoms with Gasteiger partial charge in [0.15, 0.2) is 5.82 Å². The van der Waals surface area contributed by atoms with E-state index in [0.717, 1.165) is 37.3 Å². The van der Waals surface area contributed by atoms with Crippen LogP contribution in [0.4, 0.5) is 36.3 Å². The number of rotatable bonds is 7. The molecule has 3 heterocycles. The van der Waals surface area contributed by atoms with Crippen LogP contribution < -0.4 is 20.3 Å². The number of ether oxygens (including phenoxy) is 1. The number of anilines is 4. The lowest BCUT2D eigenvalue weighted by molar-refractivity contribution is -0.137. The third kappa shape index (κ3) is 6.02. The van der Waals surface area contributed by atoms with Crippen molar-refractivity contribution in [2.75, 3.05) is 28.6 Å². The predicted octanol–water partition coefficient (Wildman–Crippen LogP) is 6.90. The van der Waals surface area contributed by atoms with Crippen molar-refractivity contribution in [3.63, 3.8) is 0 Å². The van der Waals surface area contributed by atoms with Crippen LogP contribution in [-0.4, -0.2) is 39.2 Å². The third-order valence-corrected chi connectivity index (χ3v) is 5.63. The molecule has 0 spiro atoms. The zero-order valence-corrected chi connectivity index (χ0v) is 19.6. The van der Waals surface area contributed by atoms with Gasteiger partial charge in [0.2, 0.25) is 0 Å². The fourth-order valence-corrected chi connectivity index (χ4v) is 3.68. The van der Waals surface area contributed by atoms with Crippen molar-refractivity contribution < 1.29 is 27.0 Å². The minimum absolute atomic E-state index is 0. The van der Waals surface area contributed by atoms with Crippen LogP contribution in [-0.2, 0) is 6.18 Å². The molecule has 38 heavy (non-hydrogen) atoms. The smallest absolute Gasteiger partial charge is 0.417 e. The molecule has 0 saturated carbocycles. The summed E-state index contributed by atoms with van der Waals surface area (Å²) in [7, 11) is 0. The van der Waals surface area contributed by atoms with Crippen LogP contribution in [0.2, 0.25) is 0 Å². The van der Waals surface area contributed by atoms with E-state index >= 15 is 0 Å². The first kappa shape index (κ1) is 26.5. The molecule has 2 aromatic heterocycles. The van der Waals surface area contributed by atoms with Crippen molar-refractivity contribution >= 4 is 29.0 Å².